The molecule has 24 heavy (non-hydrogen) atoms. The van der Waals surface area contributed by atoms with Crippen LogP contribution in [0.5, 0.6) is 0 Å². The summed E-state index contributed by atoms with van der Waals surface area (Å²) in [7, 11) is 0. The van der Waals surface area contributed by atoms with E-state index < -0.39 is 0 Å². The summed E-state index contributed by atoms with van der Waals surface area (Å²) < 4.78 is 13.8. The van der Waals surface area contributed by atoms with E-state index in [9.17, 15) is 9.18 Å². The molecule has 3 aliphatic rings. The van der Waals surface area contributed by atoms with Crippen LogP contribution < -0.4 is 5.32 Å². The molecule has 0 radical (unpaired) electrons. The van der Waals surface area contributed by atoms with Crippen LogP contribution in [0.15, 0.2) is 24.7 Å². The average Bonchev–Trinajstić information content (AvgIpc) is 3.09. The number of halogens is 1. The summed E-state index contributed by atoms with van der Waals surface area (Å²) in [4.78, 5) is 23.7. The van der Waals surface area contributed by atoms with Crippen LogP contribution in [0.25, 0.3) is 10.6 Å². The highest BCUT2D eigenvalue weighted by Gasteiger charge is 2.40. The summed E-state index contributed by atoms with van der Waals surface area (Å²) in [6.45, 7) is 4.44. The van der Waals surface area contributed by atoms with Gasteiger partial charge in [0.2, 0.25) is 0 Å². The van der Waals surface area contributed by atoms with Gasteiger partial charge in [0.25, 0.3) is 5.91 Å². The van der Waals surface area contributed by atoms with Gasteiger partial charge in [0, 0.05) is 24.5 Å². The second-order valence-corrected chi connectivity index (χ2v) is 7.53. The molecule has 126 valence electrons. The minimum absolute atomic E-state index is 0.117. The lowest BCUT2D eigenvalue weighted by Gasteiger charge is -2.49. The Bertz CT molecular complexity index is 755. The SMILES string of the molecule is C[C@H]1[C@H](NC(=O)c2cnc(-c3cnccc3F)s2)C2CCN1CC2. The van der Waals surface area contributed by atoms with Crippen molar-refractivity contribution in [2.45, 2.75) is 31.8 Å². The molecule has 2 aromatic heterocycles. The number of nitrogens with one attached hydrogen (secondary N) is 1. The zero-order chi connectivity index (χ0) is 16.7. The molecule has 0 aliphatic carbocycles. The van der Waals surface area contributed by atoms with Gasteiger partial charge in [-0.3, -0.25) is 14.7 Å². The third-order valence-corrected chi connectivity index (χ3v) is 6.23. The van der Waals surface area contributed by atoms with Gasteiger partial charge < -0.3 is 5.32 Å². The number of carbonyl (C=O) groups excluding carboxylic acids is 1. The number of fused-ring (bicyclic) bond motifs is 3. The van der Waals surface area contributed by atoms with Gasteiger partial charge in [-0.1, -0.05) is 0 Å². The Labute approximate surface area is 143 Å². The van der Waals surface area contributed by atoms with Crippen molar-refractivity contribution in [3.8, 4) is 10.6 Å². The molecule has 7 heteroatoms. The van der Waals surface area contributed by atoms with Crippen molar-refractivity contribution in [1.82, 2.24) is 20.2 Å². The first kappa shape index (κ1) is 15.7. The molecular weight excluding hydrogens is 327 g/mol. The highest BCUT2D eigenvalue weighted by atomic mass is 32.1. The molecule has 1 amide bonds. The Morgan fingerprint density at radius 3 is 2.88 bits per heavy atom. The Hall–Kier alpha value is -1.86. The maximum absolute atomic E-state index is 13.8. The number of carbonyl (C=O) groups is 1. The zero-order valence-electron chi connectivity index (χ0n) is 13.4. The van der Waals surface area contributed by atoms with E-state index in [4.69, 9.17) is 0 Å². The summed E-state index contributed by atoms with van der Waals surface area (Å²) >= 11 is 1.20. The Kier molecular flexibility index (Phi) is 4.05. The minimum Gasteiger partial charge on any atom is -0.347 e. The molecule has 1 N–H and O–H groups in total. The van der Waals surface area contributed by atoms with Crippen LogP contribution >= 0.6 is 11.3 Å². The van der Waals surface area contributed by atoms with Gasteiger partial charge in [-0.2, -0.15) is 0 Å². The smallest absolute Gasteiger partial charge is 0.263 e. The Balaban J connectivity index is 1.51. The standard InChI is InChI=1S/C17H19FN4OS/c1-10-15(11-3-6-22(10)7-4-11)21-16(23)14-9-20-17(24-14)12-8-19-5-2-13(12)18/h2,5,8-11,15H,3-4,6-7H2,1H3,(H,21,23)/t10-,15-/m0/s1. The van der Waals surface area contributed by atoms with E-state index >= 15 is 0 Å². The van der Waals surface area contributed by atoms with E-state index in [-0.39, 0.29) is 17.8 Å². The molecule has 3 saturated heterocycles. The Morgan fingerprint density at radius 1 is 1.38 bits per heavy atom. The number of hydrogen-bond acceptors (Lipinski definition) is 5. The van der Waals surface area contributed by atoms with Crippen molar-refractivity contribution in [1.29, 1.82) is 0 Å². The maximum Gasteiger partial charge on any atom is 0.263 e. The van der Waals surface area contributed by atoms with E-state index in [1.807, 2.05) is 0 Å². The first-order chi connectivity index (χ1) is 11.6. The van der Waals surface area contributed by atoms with Gasteiger partial charge in [0.05, 0.1) is 11.8 Å². The second kappa shape index (κ2) is 6.22. The quantitative estimate of drug-likeness (QED) is 0.928. The van der Waals surface area contributed by atoms with Gasteiger partial charge in [-0.15, -0.1) is 11.3 Å². The number of piperidine rings is 3. The molecule has 0 aromatic carbocycles. The van der Waals surface area contributed by atoms with E-state index in [0.717, 1.165) is 25.9 Å². The van der Waals surface area contributed by atoms with Crippen LogP contribution in [0.1, 0.15) is 29.4 Å². The van der Waals surface area contributed by atoms with E-state index in [2.05, 4.69) is 27.1 Å². The molecule has 5 nitrogen and oxygen atoms in total. The number of amides is 1. The molecule has 5 heterocycles. The maximum atomic E-state index is 13.8. The van der Waals surface area contributed by atoms with Crippen LogP contribution in [0, 0.1) is 11.7 Å². The molecular formula is C17H19FN4OS. The van der Waals surface area contributed by atoms with Crippen molar-refractivity contribution < 1.29 is 9.18 Å². The van der Waals surface area contributed by atoms with Gasteiger partial charge in [-0.25, -0.2) is 9.37 Å². The molecule has 2 aromatic rings. The van der Waals surface area contributed by atoms with Gasteiger partial charge in [-0.05, 0) is 44.8 Å². The van der Waals surface area contributed by atoms with Crippen LogP contribution in [0.3, 0.4) is 0 Å². The van der Waals surface area contributed by atoms with E-state index in [0.29, 0.717) is 27.4 Å². The first-order valence-electron chi connectivity index (χ1n) is 8.24. The van der Waals surface area contributed by atoms with E-state index in [1.165, 1.54) is 36.0 Å². The lowest BCUT2D eigenvalue weighted by Crippen LogP contribution is -2.62. The molecule has 0 spiro atoms. The highest BCUT2D eigenvalue weighted by Crippen LogP contribution is 2.33. The molecule has 2 bridgehead atoms. The fourth-order valence-corrected chi connectivity index (χ4v) is 4.64. The number of pyridine rings is 1. The predicted molar refractivity (Wildman–Crippen MR) is 90.3 cm³/mol. The lowest BCUT2D eigenvalue weighted by molar-refractivity contribution is 0.0218. The normalized spacial score (nSPS) is 28.8. The summed E-state index contributed by atoms with van der Waals surface area (Å²) in [5.41, 5.74) is 0.331. The molecule has 3 aliphatic heterocycles. The minimum atomic E-state index is -0.377. The molecule has 0 saturated carbocycles. The van der Waals surface area contributed by atoms with Crippen molar-refractivity contribution >= 4 is 17.2 Å². The number of hydrogen-bond donors (Lipinski definition) is 1. The van der Waals surface area contributed by atoms with Crippen molar-refractivity contribution in [2.75, 3.05) is 13.1 Å². The van der Waals surface area contributed by atoms with Gasteiger partial charge >= 0.3 is 0 Å². The second-order valence-electron chi connectivity index (χ2n) is 6.50. The highest BCUT2D eigenvalue weighted by molar-refractivity contribution is 7.16. The Morgan fingerprint density at radius 2 is 2.17 bits per heavy atom. The van der Waals surface area contributed by atoms with Crippen LogP contribution in [0.2, 0.25) is 0 Å². The molecule has 3 fully saturated rings. The summed E-state index contributed by atoms with van der Waals surface area (Å²) in [5, 5.41) is 3.66. The molecule has 2 atom stereocenters. The van der Waals surface area contributed by atoms with Crippen molar-refractivity contribution in [3.05, 3.63) is 35.4 Å². The first-order valence-corrected chi connectivity index (χ1v) is 9.06. The third-order valence-electron chi connectivity index (χ3n) is 5.20. The van der Waals surface area contributed by atoms with Crippen LogP contribution in [0.4, 0.5) is 4.39 Å². The van der Waals surface area contributed by atoms with Crippen LogP contribution in [-0.2, 0) is 0 Å². The predicted octanol–water partition coefficient (Wildman–Crippen LogP) is 2.56. The van der Waals surface area contributed by atoms with Gasteiger partial charge in [0.15, 0.2) is 0 Å². The number of thiazole rings is 1. The zero-order valence-corrected chi connectivity index (χ0v) is 14.2. The fourth-order valence-electron chi connectivity index (χ4n) is 3.81. The largest absolute Gasteiger partial charge is 0.347 e. The monoisotopic (exact) mass is 346 g/mol. The van der Waals surface area contributed by atoms with E-state index in [1.54, 1.807) is 0 Å². The topological polar surface area (TPSA) is 58.1 Å². The molecule has 5 rings (SSSR count). The van der Waals surface area contributed by atoms with Crippen molar-refractivity contribution in [2.24, 2.45) is 5.92 Å². The number of rotatable bonds is 3. The van der Waals surface area contributed by atoms with Crippen molar-refractivity contribution in [3.63, 3.8) is 0 Å². The summed E-state index contributed by atoms with van der Waals surface area (Å²) in [6, 6.07) is 1.84. The number of nitrogens with zero attached hydrogens (tertiary/aromatic N) is 3. The van der Waals surface area contributed by atoms with Gasteiger partial charge in [0.1, 0.15) is 15.7 Å². The molecule has 0 unspecified atom stereocenters. The number of aromatic nitrogens is 2. The summed E-state index contributed by atoms with van der Waals surface area (Å²) in [5.74, 6) is 0.0584. The third kappa shape index (κ3) is 2.71. The fraction of sp³-hybridized carbons (Fsp3) is 0.471. The average molecular weight is 346 g/mol. The lowest BCUT2D eigenvalue weighted by atomic mass is 9.79. The summed E-state index contributed by atoms with van der Waals surface area (Å²) in [6.07, 6.45) is 6.64. The van der Waals surface area contributed by atoms with Crippen LogP contribution in [-0.4, -0.2) is 45.9 Å².